The van der Waals surface area contributed by atoms with Crippen LogP contribution in [0.5, 0.6) is 0 Å². The van der Waals surface area contributed by atoms with E-state index < -0.39 is 17.0 Å². The van der Waals surface area contributed by atoms with Crippen molar-refractivity contribution in [3.63, 3.8) is 0 Å². The summed E-state index contributed by atoms with van der Waals surface area (Å²) in [7, 11) is 0. The number of fused-ring (bicyclic) bond motifs is 7. The van der Waals surface area contributed by atoms with Crippen LogP contribution in [0.3, 0.4) is 0 Å². The Hall–Kier alpha value is -0.830. The molecule has 5 fully saturated rings. The number of rotatable bonds is 5. The molecule has 0 aromatic rings. The second-order valence-corrected chi connectivity index (χ2v) is 16.3. The Bertz CT molecular complexity index is 980. The molecule has 0 bridgehead atoms. The van der Waals surface area contributed by atoms with E-state index in [9.17, 15) is 15.0 Å². The van der Waals surface area contributed by atoms with Crippen LogP contribution in [-0.2, 0) is 4.79 Å². The Morgan fingerprint density at radius 2 is 1.50 bits per heavy atom. The molecule has 0 spiro atoms. The van der Waals surface area contributed by atoms with E-state index in [-0.39, 0.29) is 27.6 Å². The van der Waals surface area contributed by atoms with E-state index in [1.807, 2.05) is 0 Å². The van der Waals surface area contributed by atoms with Crippen LogP contribution in [0.15, 0.2) is 12.2 Å². The molecule has 0 aromatic heterocycles. The summed E-state index contributed by atoms with van der Waals surface area (Å²) in [5, 5.41) is 22.9. The fourth-order valence-corrected chi connectivity index (χ4v) is 13.2. The molecule has 0 radical (unpaired) electrons. The minimum absolute atomic E-state index is 0.0999. The number of hydrogen-bond donors (Lipinski definition) is 2. The van der Waals surface area contributed by atoms with Crippen molar-refractivity contribution in [1.29, 1.82) is 0 Å². The molecule has 0 amide bonds. The largest absolute Gasteiger partial charge is 0.481 e. The molecule has 38 heavy (non-hydrogen) atoms. The molecule has 3 heteroatoms. The first-order valence-electron chi connectivity index (χ1n) is 16.2. The predicted molar refractivity (Wildman–Crippen MR) is 156 cm³/mol. The number of aliphatic carboxylic acids is 1. The van der Waals surface area contributed by atoms with Gasteiger partial charge in [-0.25, -0.2) is 0 Å². The summed E-state index contributed by atoms with van der Waals surface area (Å²) >= 11 is 0. The van der Waals surface area contributed by atoms with Gasteiger partial charge in [-0.2, -0.15) is 0 Å². The van der Waals surface area contributed by atoms with Crippen molar-refractivity contribution in [2.45, 2.75) is 138 Å². The molecule has 0 aromatic carbocycles. The lowest BCUT2D eigenvalue weighted by molar-refractivity contribution is -0.274. The molecule has 0 saturated heterocycles. The lowest BCUT2D eigenvalue weighted by Crippen LogP contribution is -2.69. The number of carbonyl (C=O) groups is 1. The van der Waals surface area contributed by atoms with E-state index >= 15 is 0 Å². The molecular formula is C35H58O3. The van der Waals surface area contributed by atoms with Gasteiger partial charge >= 0.3 is 5.97 Å². The van der Waals surface area contributed by atoms with Gasteiger partial charge in [-0.15, -0.1) is 0 Å². The minimum Gasteiger partial charge on any atom is -0.481 e. The molecule has 5 aliphatic rings. The highest BCUT2D eigenvalue weighted by atomic mass is 16.4. The summed E-state index contributed by atoms with van der Waals surface area (Å²) in [6, 6.07) is 0. The maximum absolute atomic E-state index is 12.9. The van der Waals surface area contributed by atoms with Gasteiger partial charge in [0.15, 0.2) is 0 Å². The average Bonchev–Trinajstić information content (AvgIpc) is 3.25. The van der Waals surface area contributed by atoms with Crippen molar-refractivity contribution in [1.82, 2.24) is 0 Å². The van der Waals surface area contributed by atoms with E-state index in [2.05, 4.69) is 62.0 Å². The highest BCUT2D eigenvalue weighted by Gasteiger charge is 2.73. The molecular weight excluding hydrogens is 468 g/mol. The lowest BCUT2D eigenvalue weighted by atomic mass is 9.31. The number of allylic oxidation sites excluding steroid dienone is 1. The monoisotopic (exact) mass is 526 g/mol. The molecule has 5 rings (SSSR count). The normalized spacial score (nSPS) is 51.5. The summed E-state index contributed by atoms with van der Waals surface area (Å²) in [6.07, 6.45) is 12.7. The summed E-state index contributed by atoms with van der Waals surface area (Å²) in [5.41, 5.74) is 0.592. The molecule has 10 atom stereocenters. The van der Waals surface area contributed by atoms with Crippen molar-refractivity contribution in [3.8, 4) is 0 Å². The van der Waals surface area contributed by atoms with Gasteiger partial charge in [-0.05, 0) is 128 Å². The quantitative estimate of drug-likeness (QED) is 0.352. The van der Waals surface area contributed by atoms with Gasteiger partial charge in [0.25, 0.3) is 0 Å². The van der Waals surface area contributed by atoms with Crippen LogP contribution in [0, 0.1) is 62.6 Å². The zero-order valence-corrected chi connectivity index (χ0v) is 26.0. The van der Waals surface area contributed by atoms with Crippen LogP contribution < -0.4 is 0 Å². The summed E-state index contributed by atoms with van der Waals surface area (Å²) in [5.74, 6) is 2.06. The van der Waals surface area contributed by atoms with Gasteiger partial charge in [0.05, 0.1) is 11.0 Å². The van der Waals surface area contributed by atoms with Crippen molar-refractivity contribution in [2.24, 2.45) is 62.6 Å². The maximum atomic E-state index is 12.9. The molecule has 0 aliphatic heterocycles. The standard InChI is InChI=1S/C35H58O3/c1-10-23(11-2)35(38)21-18-31(7)26(30(35,5)6)15-16-33(9)27(31)13-12-25-28-24(22(3)4)14-17-34(28,29(36)37)20-19-32(25,33)8/h23-28,38H,3,10-21H2,1-2,4-9H3,(H,36,37)/t24-,25?,26?,27?,28?,31-,32+,33+,34-,35+/m0/s1. The SMILES string of the molecule is C=C(C)[C@@H]1CC[C@]2(C(=O)O)CC[C@]3(C)C(CCC4[C@@]5(C)CC[C@@](O)(C(CC)CC)C(C)(C)C5CC[C@]43C)C12. The molecule has 5 aliphatic carbocycles. The van der Waals surface area contributed by atoms with Gasteiger partial charge in [0.1, 0.15) is 0 Å². The van der Waals surface area contributed by atoms with Crippen LogP contribution in [-0.4, -0.2) is 21.8 Å². The molecule has 4 unspecified atom stereocenters. The second-order valence-electron chi connectivity index (χ2n) is 16.3. The van der Waals surface area contributed by atoms with E-state index in [1.165, 1.54) is 31.3 Å². The third-order valence-corrected chi connectivity index (χ3v) is 15.5. The smallest absolute Gasteiger partial charge is 0.309 e. The topological polar surface area (TPSA) is 57.5 Å². The van der Waals surface area contributed by atoms with Crippen molar-refractivity contribution < 1.29 is 15.0 Å². The first-order chi connectivity index (χ1) is 17.6. The summed E-state index contributed by atoms with van der Waals surface area (Å²) in [6.45, 7) is 23.7. The number of carboxylic acid groups (broad SMARTS) is 1. The van der Waals surface area contributed by atoms with Crippen molar-refractivity contribution >= 4 is 5.97 Å². The van der Waals surface area contributed by atoms with Crippen LogP contribution in [0.1, 0.15) is 132 Å². The Kier molecular flexibility index (Phi) is 6.67. The van der Waals surface area contributed by atoms with Crippen molar-refractivity contribution in [3.05, 3.63) is 12.2 Å². The molecule has 3 nitrogen and oxygen atoms in total. The van der Waals surface area contributed by atoms with Crippen LogP contribution in [0.4, 0.5) is 0 Å². The summed E-state index contributed by atoms with van der Waals surface area (Å²) in [4.78, 5) is 12.9. The fourth-order valence-electron chi connectivity index (χ4n) is 13.2. The van der Waals surface area contributed by atoms with E-state index in [1.54, 1.807) is 0 Å². The first-order valence-corrected chi connectivity index (χ1v) is 16.2. The van der Waals surface area contributed by atoms with Gasteiger partial charge in [0, 0.05) is 0 Å². The highest BCUT2D eigenvalue weighted by Crippen LogP contribution is 2.78. The Morgan fingerprint density at radius 3 is 2.08 bits per heavy atom. The average molecular weight is 527 g/mol. The Balaban J connectivity index is 1.53. The predicted octanol–water partition coefficient (Wildman–Crippen LogP) is 8.90. The van der Waals surface area contributed by atoms with Crippen LogP contribution in [0.25, 0.3) is 0 Å². The first kappa shape index (κ1) is 28.7. The maximum Gasteiger partial charge on any atom is 0.309 e. The van der Waals surface area contributed by atoms with Gasteiger partial charge in [-0.1, -0.05) is 73.5 Å². The van der Waals surface area contributed by atoms with Gasteiger partial charge in [0.2, 0.25) is 0 Å². The zero-order valence-electron chi connectivity index (χ0n) is 26.0. The van der Waals surface area contributed by atoms with E-state index in [0.29, 0.717) is 29.6 Å². The van der Waals surface area contributed by atoms with Crippen LogP contribution in [0.2, 0.25) is 0 Å². The third kappa shape index (κ3) is 3.26. The Morgan fingerprint density at radius 1 is 0.842 bits per heavy atom. The molecule has 5 saturated carbocycles. The minimum atomic E-state index is -0.583. The second kappa shape index (κ2) is 8.83. The van der Waals surface area contributed by atoms with Gasteiger partial charge < -0.3 is 10.2 Å². The number of aliphatic hydroxyl groups is 1. The molecule has 216 valence electrons. The zero-order chi connectivity index (χ0) is 28.1. The third-order valence-electron chi connectivity index (χ3n) is 15.5. The highest BCUT2D eigenvalue weighted by molar-refractivity contribution is 5.76. The van der Waals surface area contributed by atoms with Crippen molar-refractivity contribution in [2.75, 3.05) is 0 Å². The fraction of sp³-hybridized carbons (Fsp3) is 0.914. The van der Waals surface area contributed by atoms with Crippen LogP contribution >= 0.6 is 0 Å². The molecule has 2 N–H and O–H groups in total. The van der Waals surface area contributed by atoms with E-state index in [4.69, 9.17) is 0 Å². The molecule has 0 heterocycles. The lowest BCUT2D eigenvalue weighted by Gasteiger charge is -2.74. The van der Waals surface area contributed by atoms with Gasteiger partial charge in [-0.3, -0.25) is 4.79 Å². The van der Waals surface area contributed by atoms with E-state index in [0.717, 1.165) is 51.4 Å². The number of hydrogen-bond acceptors (Lipinski definition) is 2. The summed E-state index contributed by atoms with van der Waals surface area (Å²) < 4.78 is 0. The Labute approximate surface area is 233 Å². The number of carboxylic acids is 1.